The van der Waals surface area contributed by atoms with Gasteiger partial charge >= 0.3 is 0 Å². The van der Waals surface area contributed by atoms with E-state index in [1.54, 1.807) is 18.2 Å². The van der Waals surface area contributed by atoms with Crippen LogP contribution in [-0.4, -0.2) is 28.5 Å². The van der Waals surface area contributed by atoms with Gasteiger partial charge in [0, 0.05) is 5.56 Å². The van der Waals surface area contributed by atoms with E-state index in [1.807, 2.05) is 0 Å². The number of nitrogens with two attached hydrogens (primary N) is 1. The molecule has 18 heavy (non-hydrogen) atoms. The fraction of sp³-hybridized carbons (Fsp3) is 0.250. The maximum atomic E-state index is 10.2. The van der Waals surface area contributed by atoms with Gasteiger partial charge in [-0.3, -0.25) is 5.10 Å². The molecule has 1 aliphatic heterocycles. The summed E-state index contributed by atoms with van der Waals surface area (Å²) in [6.07, 6.45) is 0.677. The first kappa shape index (κ1) is 10.9. The highest BCUT2D eigenvalue weighted by Crippen LogP contribution is 2.34. The predicted octanol–water partition coefficient (Wildman–Crippen LogP) is 0.845. The lowest BCUT2D eigenvalue weighted by Crippen LogP contribution is -2.15. The number of nitrogens with zero attached hydrogens (tertiary/aromatic N) is 1. The molecular formula is C12H13N3O3. The maximum Gasteiger partial charge on any atom is 0.161 e. The molecule has 0 aliphatic carbocycles. The number of aromatic amines is 1. The van der Waals surface area contributed by atoms with Gasteiger partial charge in [0.05, 0.1) is 6.20 Å². The van der Waals surface area contributed by atoms with Crippen molar-refractivity contribution in [3.05, 3.63) is 35.5 Å². The van der Waals surface area contributed by atoms with Gasteiger partial charge in [0.1, 0.15) is 25.1 Å². The Morgan fingerprint density at radius 2 is 2.06 bits per heavy atom. The van der Waals surface area contributed by atoms with Gasteiger partial charge in [-0.2, -0.15) is 5.10 Å². The lowest BCUT2D eigenvalue weighted by atomic mass is 10.0. The number of nitrogen functional groups attached to an aromatic ring is 1. The summed E-state index contributed by atoms with van der Waals surface area (Å²) >= 11 is 0. The molecule has 0 saturated heterocycles. The quantitative estimate of drug-likeness (QED) is 0.731. The second kappa shape index (κ2) is 4.23. The zero-order valence-electron chi connectivity index (χ0n) is 9.59. The molecule has 1 aromatic heterocycles. The van der Waals surface area contributed by atoms with Gasteiger partial charge in [0.2, 0.25) is 0 Å². The number of anilines is 1. The molecule has 2 aromatic rings. The zero-order valence-corrected chi connectivity index (χ0v) is 9.59. The Labute approximate surface area is 103 Å². The number of H-pyrrole nitrogens is 1. The van der Waals surface area contributed by atoms with Crippen molar-refractivity contribution in [2.24, 2.45) is 0 Å². The molecular weight excluding hydrogens is 234 g/mol. The SMILES string of the molecule is Nc1[nH]ncc1C(O)c1ccc2c(c1)OCCO2. The van der Waals surface area contributed by atoms with E-state index in [0.29, 0.717) is 41.7 Å². The average Bonchev–Trinajstić information content (AvgIpc) is 2.83. The van der Waals surface area contributed by atoms with Crippen LogP contribution in [0.4, 0.5) is 5.82 Å². The van der Waals surface area contributed by atoms with E-state index < -0.39 is 6.10 Å². The van der Waals surface area contributed by atoms with Gasteiger partial charge in [-0.05, 0) is 17.7 Å². The predicted molar refractivity (Wildman–Crippen MR) is 64.5 cm³/mol. The van der Waals surface area contributed by atoms with Gasteiger partial charge in [-0.1, -0.05) is 6.07 Å². The van der Waals surface area contributed by atoms with E-state index in [0.717, 1.165) is 0 Å². The van der Waals surface area contributed by atoms with Crippen LogP contribution in [0.2, 0.25) is 0 Å². The van der Waals surface area contributed by atoms with Crippen molar-refractivity contribution in [3.63, 3.8) is 0 Å². The van der Waals surface area contributed by atoms with E-state index in [-0.39, 0.29) is 0 Å². The number of aliphatic hydroxyl groups is 1. The molecule has 1 unspecified atom stereocenters. The molecule has 1 aromatic carbocycles. The third-order valence-corrected chi connectivity index (χ3v) is 2.88. The zero-order chi connectivity index (χ0) is 12.5. The molecule has 1 aliphatic rings. The van der Waals surface area contributed by atoms with Crippen molar-refractivity contribution in [2.75, 3.05) is 18.9 Å². The lowest BCUT2D eigenvalue weighted by molar-refractivity contribution is 0.169. The highest BCUT2D eigenvalue weighted by molar-refractivity contribution is 5.48. The van der Waals surface area contributed by atoms with E-state index >= 15 is 0 Å². The Balaban J connectivity index is 1.95. The van der Waals surface area contributed by atoms with Crippen LogP contribution in [-0.2, 0) is 0 Å². The monoisotopic (exact) mass is 247 g/mol. The van der Waals surface area contributed by atoms with Crippen molar-refractivity contribution in [3.8, 4) is 11.5 Å². The second-order valence-electron chi connectivity index (χ2n) is 4.04. The molecule has 6 nitrogen and oxygen atoms in total. The first-order chi connectivity index (χ1) is 8.75. The van der Waals surface area contributed by atoms with Gasteiger partial charge in [0.25, 0.3) is 0 Å². The van der Waals surface area contributed by atoms with Crippen LogP contribution in [0, 0.1) is 0 Å². The number of aromatic nitrogens is 2. The van der Waals surface area contributed by atoms with Crippen LogP contribution in [0.5, 0.6) is 11.5 Å². The van der Waals surface area contributed by atoms with Gasteiger partial charge in [0.15, 0.2) is 11.5 Å². The lowest BCUT2D eigenvalue weighted by Gasteiger charge is -2.20. The Bertz CT molecular complexity index is 567. The summed E-state index contributed by atoms with van der Waals surface area (Å²) in [5.41, 5.74) is 6.92. The third-order valence-electron chi connectivity index (χ3n) is 2.88. The maximum absolute atomic E-state index is 10.2. The molecule has 2 heterocycles. The summed E-state index contributed by atoms with van der Waals surface area (Å²) in [7, 11) is 0. The number of nitrogens with one attached hydrogen (secondary N) is 1. The average molecular weight is 247 g/mol. The third kappa shape index (κ3) is 1.76. The summed E-state index contributed by atoms with van der Waals surface area (Å²) in [5.74, 6) is 1.69. The molecule has 6 heteroatoms. The Morgan fingerprint density at radius 1 is 1.28 bits per heavy atom. The number of benzene rings is 1. The minimum atomic E-state index is -0.834. The van der Waals surface area contributed by atoms with Crippen molar-refractivity contribution < 1.29 is 14.6 Å². The van der Waals surface area contributed by atoms with Crippen molar-refractivity contribution in [1.29, 1.82) is 0 Å². The summed E-state index contributed by atoms with van der Waals surface area (Å²) in [6, 6.07) is 5.32. The highest BCUT2D eigenvalue weighted by atomic mass is 16.6. The van der Waals surface area contributed by atoms with Crippen molar-refractivity contribution in [1.82, 2.24) is 10.2 Å². The van der Waals surface area contributed by atoms with Crippen LogP contribution in [0.15, 0.2) is 24.4 Å². The number of fused-ring (bicyclic) bond motifs is 1. The topological polar surface area (TPSA) is 93.4 Å². The molecule has 4 N–H and O–H groups in total. The fourth-order valence-electron chi connectivity index (χ4n) is 1.93. The molecule has 1 atom stereocenters. The first-order valence-corrected chi connectivity index (χ1v) is 5.62. The summed E-state index contributed by atoms with van der Waals surface area (Å²) in [5, 5.41) is 16.6. The number of aliphatic hydroxyl groups excluding tert-OH is 1. The minimum absolute atomic E-state index is 0.359. The molecule has 0 saturated carbocycles. The number of ether oxygens (including phenoxy) is 2. The number of rotatable bonds is 2. The Kier molecular flexibility index (Phi) is 2.56. The number of hydrogen-bond acceptors (Lipinski definition) is 5. The smallest absolute Gasteiger partial charge is 0.161 e. The van der Waals surface area contributed by atoms with Crippen molar-refractivity contribution >= 4 is 5.82 Å². The standard InChI is InChI=1S/C12H13N3O3/c13-12-8(6-14-15-12)11(16)7-1-2-9-10(5-7)18-4-3-17-9/h1-2,5-6,11,16H,3-4H2,(H3,13,14,15). The normalized spacial score (nSPS) is 15.4. The van der Waals surface area contributed by atoms with Crippen LogP contribution in [0.3, 0.4) is 0 Å². The van der Waals surface area contributed by atoms with Crippen LogP contribution in [0.25, 0.3) is 0 Å². The molecule has 0 amide bonds. The van der Waals surface area contributed by atoms with Gasteiger partial charge < -0.3 is 20.3 Å². The minimum Gasteiger partial charge on any atom is -0.486 e. The molecule has 0 fully saturated rings. The first-order valence-electron chi connectivity index (χ1n) is 5.62. The molecule has 0 bridgehead atoms. The van der Waals surface area contributed by atoms with E-state index in [1.165, 1.54) is 6.20 Å². The molecule has 0 spiro atoms. The molecule has 0 radical (unpaired) electrons. The fourth-order valence-corrected chi connectivity index (χ4v) is 1.93. The van der Waals surface area contributed by atoms with Crippen LogP contribution >= 0.6 is 0 Å². The Hall–Kier alpha value is -2.21. The number of hydrogen-bond donors (Lipinski definition) is 3. The highest BCUT2D eigenvalue weighted by Gasteiger charge is 2.19. The second-order valence-corrected chi connectivity index (χ2v) is 4.04. The summed E-state index contributed by atoms with van der Waals surface area (Å²) < 4.78 is 10.9. The molecule has 94 valence electrons. The molecule has 3 rings (SSSR count). The van der Waals surface area contributed by atoms with E-state index in [4.69, 9.17) is 15.2 Å². The van der Waals surface area contributed by atoms with Crippen LogP contribution in [0.1, 0.15) is 17.2 Å². The Morgan fingerprint density at radius 3 is 2.78 bits per heavy atom. The van der Waals surface area contributed by atoms with Crippen molar-refractivity contribution in [2.45, 2.75) is 6.10 Å². The summed E-state index contributed by atoms with van der Waals surface area (Å²) in [4.78, 5) is 0. The van der Waals surface area contributed by atoms with Gasteiger partial charge in [-0.15, -0.1) is 0 Å². The largest absolute Gasteiger partial charge is 0.486 e. The van der Waals surface area contributed by atoms with Crippen LogP contribution < -0.4 is 15.2 Å². The summed E-state index contributed by atoms with van der Waals surface area (Å²) in [6.45, 7) is 1.06. The van der Waals surface area contributed by atoms with E-state index in [2.05, 4.69) is 10.2 Å². The van der Waals surface area contributed by atoms with Gasteiger partial charge in [-0.25, -0.2) is 0 Å². The van der Waals surface area contributed by atoms with E-state index in [9.17, 15) is 5.11 Å².